The van der Waals surface area contributed by atoms with Crippen LogP contribution in [0.4, 0.5) is 0 Å². The van der Waals surface area contributed by atoms with Crippen molar-refractivity contribution in [2.75, 3.05) is 0 Å². The fourth-order valence-corrected chi connectivity index (χ4v) is 2.88. The lowest BCUT2D eigenvalue weighted by Gasteiger charge is -2.03. The van der Waals surface area contributed by atoms with Gasteiger partial charge in [-0.3, -0.25) is 0 Å². The van der Waals surface area contributed by atoms with Gasteiger partial charge in [-0.15, -0.1) is 0 Å². The summed E-state index contributed by atoms with van der Waals surface area (Å²) in [5, 5.41) is 14.6. The Labute approximate surface area is 127 Å². The first-order valence-corrected chi connectivity index (χ1v) is 7.60. The van der Waals surface area contributed by atoms with Crippen LogP contribution in [0.25, 0.3) is 5.69 Å². The number of imidazole rings is 1. The largest absolute Gasteiger partial charge is 0.390 e. The third-order valence-electron chi connectivity index (χ3n) is 3.22. The highest BCUT2D eigenvalue weighted by Crippen LogP contribution is 2.21. The van der Waals surface area contributed by atoms with Crippen LogP contribution >= 0.6 is 11.8 Å². The quantitative estimate of drug-likeness (QED) is 0.735. The Morgan fingerprint density at radius 3 is 2.71 bits per heavy atom. The second kappa shape index (κ2) is 6.15. The molecule has 0 bridgehead atoms. The van der Waals surface area contributed by atoms with Gasteiger partial charge >= 0.3 is 0 Å². The highest BCUT2D eigenvalue weighted by molar-refractivity contribution is 7.98. The molecule has 0 radical (unpaired) electrons. The molecule has 21 heavy (non-hydrogen) atoms. The van der Waals surface area contributed by atoms with Gasteiger partial charge in [0.05, 0.1) is 29.9 Å². The van der Waals surface area contributed by atoms with E-state index in [2.05, 4.69) is 10.1 Å². The molecule has 6 heteroatoms. The fourth-order valence-electron chi connectivity index (χ4n) is 2.01. The van der Waals surface area contributed by atoms with E-state index in [1.165, 1.54) is 0 Å². The zero-order chi connectivity index (χ0) is 14.7. The molecule has 0 spiro atoms. The fraction of sp³-hybridized carbons (Fsp3) is 0.200. The third-order valence-corrected chi connectivity index (χ3v) is 4.30. The first kappa shape index (κ1) is 13.9. The lowest BCUT2D eigenvalue weighted by molar-refractivity contribution is 0.271. The number of aliphatic hydroxyl groups excluding tert-OH is 1. The van der Waals surface area contributed by atoms with Crippen molar-refractivity contribution >= 4 is 11.8 Å². The Balaban J connectivity index is 1.69. The van der Waals surface area contributed by atoms with Crippen LogP contribution in [0.3, 0.4) is 0 Å². The number of aromatic nitrogens is 4. The summed E-state index contributed by atoms with van der Waals surface area (Å²) in [7, 11) is 1.91. The highest BCUT2D eigenvalue weighted by Gasteiger charge is 2.08. The van der Waals surface area contributed by atoms with Crippen molar-refractivity contribution in [1.82, 2.24) is 19.3 Å². The molecule has 0 aliphatic rings. The van der Waals surface area contributed by atoms with E-state index in [0.717, 1.165) is 28.0 Å². The molecule has 3 rings (SSSR count). The molecule has 0 amide bonds. The molecular weight excluding hydrogens is 284 g/mol. The minimum atomic E-state index is 0.00664. The lowest BCUT2D eigenvalue weighted by Crippen LogP contribution is -1.98. The second-order valence-corrected chi connectivity index (χ2v) is 5.57. The molecule has 0 unspecified atom stereocenters. The van der Waals surface area contributed by atoms with E-state index >= 15 is 0 Å². The van der Waals surface area contributed by atoms with Crippen LogP contribution in [0, 0.1) is 0 Å². The number of thioether (sulfide) groups is 1. The Hall–Kier alpha value is -2.05. The number of rotatable bonds is 5. The van der Waals surface area contributed by atoms with Crippen LogP contribution in [0.5, 0.6) is 0 Å². The summed E-state index contributed by atoms with van der Waals surface area (Å²) < 4.78 is 3.77. The summed E-state index contributed by atoms with van der Waals surface area (Å²) in [5.41, 5.74) is 2.86. The number of nitrogens with zero attached hydrogens (tertiary/aromatic N) is 4. The van der Waals surface area contributed by atoms with Crippen LogP contribution in [0.1, 0.15) is 11.4 Å². The first-order chi connectivity index (χ1) is 10.3. The number of benzene rings is 1. The van der Waals surface area contributed by atoms with Gasteiger partial charge in [-0.05, 0) is 18.2 Å². The SMILES string of the molecule is Cn1c(CO)cnc1SCc1ccn(-c2ccccc2)n1. The Bertz CT molecular complexity index is 720. The molecule has 0 saturated carbocycles. The molecule has 1 N–H and O–H groups in total. The molecule has 0 aliphatic carbocycles. The Kier molecular flexibility index (Phi) is 4.08. The molecule has 0 fully saturated rings. The van der Waals surface area contributed by atoms with Gasteiger partial charge in [0.1, 0.15) is 0 Å². The minimum Gasteiger partial charge on any atom is -0.390 e. The Morgan fingerprint density at radius 2 is 2.00 bits per heavy atom. The molecule has 5 nitrogen and oxygen atoms in total. The highest BCUT2D eigenvalue weighted by atomic mass is 32.2. The van der Waals surface area contributed by atoms with Crippen molar-refractivity contribution in [2.24, 2.45) is 7.05 Å². The number of hydrogen-bond acceptors (Lipinski definition) is 4. The number of aliphatic hydroxyl groups is 1. The standard InChI is InChI=1S/C15H16N4OS/c1-18-14(10-20)9-16-15(18)21-11-12-7-8-19(17-12)13-5-3-2-4-6-13/h2-9,20H,10-11H2,1H3. The van der Waals surface area contributed by atoms with Crippen molar-refractivity contribution in [2.45, 2.75) is 17.5 Å². The van der Waals surface area contributed by atoms with Crippen molar-refractivity contribution in [1.29, 1.82) is 0 Å². The predicted molar refractivity (Wildman–Crippen MR) is 82.3 cm³/mol. The second-order valence-electron chi connectivity index (χ2n) is 4.63. The third kappa shape index (κ3) is 3.01. The maximum atomic E-state index is 9.16. The molecule has 1 aromatic carbocycles. The van der Waals surface area contributed by atoms with Gasteiger partial charge in [0.2, 0.25) is 0 Å². The van der Waals surface area contributed by atoms with Crippen LogP contribution in [0.15, 0.2) is 53.9 Å². The summed E-state index contributed by atoms with van der Waals surface area (Å²) in [6.07, 6.45) is 3.66. The summed E-state index contributed by atoms with van der Waals surface area (Å²) in [4.78, 5) is 4.30. The van der Waals surface area contributed by atoms with E-state index in [-0.39, 0.29) is 6.61 Å². The molecule has 108 valence electrons. The average Bonchev–Trinajstić information content (AvgIpc) is 3.13. The van der Waals surface area contributed by atoms with E-state index in [4.69, 9.17) is 5.11 Å². The summed E-state index contributed by atoms with van der Waals surface area (Å²) in [6, 6.07) is 12.0. The van der Waals surface area contributed by atoms with Crippen molar-refractivity contribution in [3.63, 3.8) is 0 Å². The van der Waals surface area contributed by atoms with E-state index in [0.29, 0.717) is 0 Å². The normalized spacial score (nSPS) is 11.0. The summed E-state index contributed by atoms with van der Waals surface area (Å²) in [5.74, 6) is 0.746. The maximum Gasteiger partial charge on any atom is 0.168 e. The molecule has 2 aromatic heterocycles. The van der Waals surface area contributed by atoms with Gasteiger partial charge in [0.25, 0.3) is 0 Å². The lowest BCUT2D eigenvalue weighted by atomic mass is 10.3. The number of para-hydroxylation sites is 1. The zero-order valence-corrected chi connectivity index (χ0v) is 12.5. The molecule has 0 saturated heterocycles. The van der Waals surface area contributed by atoms with Gasteiger partial charge in [-0.25, -0.2) is 9.67 Å². The zero-order valence-electron chi connectivity index (χ0n) is 11.7. The van der Waals surface area contributed by atoms with Gasteiger partial charge in [0, 0.05) is 19.0 Å². The van der Waals surface area contributed by atoms with E-state index in [9.17, 15) is 0 Å². The maximum absolute atomic E-state index is 9.16. The Morgan fingerprint density at radius 1 is 1.19 bits per heavy atom. The summed E-state index contributed by atoms with van der Waals surface area (Å²) >= 11 is 1.61. The van der Waals surface area contributed by atoms with Gasteiger partial charge in [0.15, 0.2) is 5.16 Å². The van der Waals surface area contributed by atoms with Crippen molar-refractivity contribution in [3.05, 3.63) is 60.2 Å². The molecule has 2 heterocycles. The van der Waals surface area contributed by atoms with Gasteiger partial charge in [-0.2, -0.15) is 5.10 Å². The van der Waals surface area contributed by atoms with E-state index < -0.39 is 0 Å². The molecule has 0 atom stereocenters. The van der Waals surface area contributed by atoms with Crippen LogP contribution in [-0.2, 0) is 19.4 Å². The molecular formula is C15H16N4OS. The minimum absolute atomic E-state index is 0.00664. The monoisotopic (exact) mass is 300 g/mol. The number of hydrogen-bond donors (Lipinski definition) is 1. The van der Waals surface area contributed by atoms with Crippen LogP contribution in [-0.4, -0.2) is 24.4 Å². The van der Waals surface area contributed by atoms with E-state index in [1.54, 1.807) is 18.0 Å². The molecule has 3 aromatic rings. The predicted octanol–water partition coefficient (Wildman–Crippen LogP) is 2.39. The van der Waals surface area contributed by atoms with Crippen LogP contribution < -0.4 is 0 Å². The van der Waals surface area contributed by atoms with Crippen molar-refractivity contribution < 1.29 is 5.11 Å². The van der Waals surface area contributed by atoms with Gasteiger partial charge in [-0.1, -0.05) is 30.0 Å². The van der Waals surface area contributed by atoms with E-state index in [1.807, 2.05) is 58.9 Å². The van der Waals surface area contributed by atoms with Gasteiger partial charge < -0.3 is 9.67 Å². The first-order valence-electron chi connectivity index (χ1n) is 6.62. The van der Waals surface area contributed by atoms with Crippen LogP contribution in [0.2, 0.25) is 0 Å². The smallest absolute Gasteiger partial charge is 0.168 e. The summed E-state index contributed by atoms with van der Waals surface area (Å²) in [6.45, 7) is 0.00664. The van der Waals surface area contributed by atoms with Crippen molar-refractivity contribution in [3.8, 4) is 5.69 Å². The average molecular weight is 300 g/mol. The topological polar surface area (TPSA) is 55.9 Å². The molecule has 0 aliphatic heterocycles.